The van der Waals surface area contributed by atoms with Gasteiger partial charge in [-0.15, -0.1) is 0 Å². The quantitative estimate of drug-likeness (QED) is 0.875. The lowest BCUT2D eigenvalue weighted by molar-refractivity contribution is -0.141. The van der Waals surface area contributed by atoms with Gasteiger partial charge in [-0.1, -0.05) is 0 Å². The Morgan fingerprint density at radius 2 is 2.11 bits per heavy atom. The first-order chi connectivity index (χ1) is 9.09. The van der Waals surface area contributed by atoms with E-state index < -0.39 is 17.9 Å². The van der Waals surface area contributed by atoms with Gasteiger partial charge in [0.15, 0.2) is 0 Å². The lowest BCUT2D eigenvalue weighted by atomic mass is 9.91. The summed E-state index contributed by atoms with van der Waals surface area (Å²) in [5.41, 5.74) is 0. The van der Waals surface area contributed by atoms with Crippen molar-refractivity contribution in [2.75, 3.05) is 13.2 Å². The van der Waals surface area contributed by atoms with Crippen LogP contribution in [-0.4, -0.2) is 36.2 Å². The number of ether oxygens (including phenoxy) is 1. The molecule has 104 valence electrons. The number of halogens is 1. The number of hydrogen-bond acceptors (Lipinski definition) is 4. The van der Waals surface area contributed by atoms with Crippen molar-refractivity contribution in [1.82, 2.24) is 5.32 Å². The second kappa shape index (κ2) is 6.21. The number of amides is 1. The van der Waals surface area contributed by atoms with E-state index in [4.69, 9.17) is 9.15 Å². The summed E-state index contributed by atoms with van der Waals surface area (Å²) in [7, 11) is 0. The summed E-state index contributed by atoms with van der Waals surface area (Å²) < 4.78 is 10.7. The summed E-state index contributed by atoms with van der Waals surface area (Å²) in [6.45, 7) is 1.05. The molecule has 1 amide bonds. The lowest BCUT2D eigenvalue weighted by Crippen LogP contribution is -2.47. The van der Waals surface area contributed by atoms with Crippen LogP contribution >= 0.6 is 15.9 Å². The Bertz CT molecular complexity index is 466. The van der Waals surface area contributed by atoms with Crippen LogP contribution in [0.5, 0.6) is 0 Å². The average Bonchev–Trinajstić information content (AvgIpc) is 2.82. The summed E-state index contributed by atoms with van der Waals surface area (Å²) in [6, 6.07) is 0.660. The number of carbonyl (C=O) groups is 2. The SMILES string of the molecule is O=C(NC(C(=O)O)C1CCOCC1)c1occc1Br. The third kappa shape index (κ3) is 3.36. The topological polar surface area (TPSA) is 88.8 Å². The predicted octanol–water partition coefficient (Wildman–Crippen LogP) is 1.65. The van der Waals surface area contributed by atoms with E-state index in [0.29, 0.717) is 30.5 Å². The molecule has 1 aliphatic heterocycles. The highest BCUT2D eigenvalue weighted by Gasteiger charge is 2.32. The van der Waals surface area contributed by atoms with Gasteiger partial charge < -0.3 is 19.6 Å². The number of carbonyl (C=O) groups excluding carboxylic acids is 1. The number of hydrogen-bond donors (Lipinski definition) is 2. The fourth-order valence-corrected chi connectivity index (χ4v) is 2.47. The number of furan rings is 1. The summed E-state index contributed by atoms with van der Waals surface area (Å²) in [4.78, 5) is 23.2. The molecular weight excluding hydrogens is 318 g/mol. The van der Waals surface area contributed by atoms with E-state index >= 15 is 0 Å². The van der Waals surface area contributed by atoms with Gasteiger partial charge in [0.05, 0.1) is 10.7 Å². The summed E-state index contributed by atoms with van der Waals surface area (Å²) in [5, 5.41) is 11.8. The number of rotatable bonds is 4. The molecule has 1 saturated heterocycles. The van der Waals surface area contributed by atoms with E-state index in [-0.39, 0.29) is 11.7 Å². The molecule has 2 N–H and O–H groups in total. The molecule has 0 spiro atoms. The van der Waals surface area contributed by atoms with Crippen molar-refractivity contribution in [3.8, 4) is 0 Å². The second-order valence-corrected chi connectivity index (χ2v) is 5.19. The molecule has 0 aliphatic carbocycles. The van der Waals surface area contributed by atoms with Crippen LogP contribution in [0.25, 0.3) is 0 Å². The maximum Gasteiger partial charge on any atom is 0.326 e. The fraction of sp³-hybridized carbons (Fsp3) is 0.500. The molecule has 19 heavy (non-hydrogen) atoms. The Balaban J connectivity index is 2.06. The Kier molecular flexibility index (Phi) is 4.60. The Labute approximate surface area is 118 Å². The molecule has 1 aromatic rings. The molecule has 1 aliphatic rings. The van der Waals surface area contributed by atoms with Gasteiger partial charge in [0.25, 0.3) is 5.91 Å². The third-order valence-electron chi connectivity index (χ3n) is 3.11. The summed E-state index contributed by atoms with van der Waals surface area (Å²) in [6.07, 6.45) is 2.61. The van der Waals surface area contributed by atoms with Crippen molar-refractivity contribution in [2.24, 2.45) is 5.92 Å². The van der Waals surface area contributed by atoms with Gasteiger partial charge >= 0.3 is 5.97 Å². The first-order valence-corrected chi connectivity index (χ1v) is 6.73. The molecular formula is C12H14BrNO5. The van der Waals surface area contributed by atoms with Gasteiger partial charge in [-0.25, -0.2) is 4.79 Å². The van der Waals surface area contributed by atoms with Crippen LogP contribution in [0.1, 0.15) is 23.4 Å². The van der Waals surface area contributed by atoms with Crippen LogP contribution < -0.4 is 5.32 Å². The molecule has 6 nitrogen and oxygen atoms in total. The molecule has 0 saturated carbocycles. The average molecular weight is 332 g/mol. The van der Waals surface area contributed by atoms with Crippen LogP contribution in [0.2, 0.25) is 0 Å². The third-order valence-corrected chi connectivity index (χ3v) is 3.74. The maximum atomic E-state index is 12.0. The molecule has 2 rings (SSSR count). The maximum absolute atomic E-state index is 12.0. The van der Waals surface area contributed by atoms with Crippen LogP contribution in [0.3, 0.4) is 0 Å². The van der Waals surface area contributed by atoms with Gasteiger partial charge in [-0.05, 0) is 40.8 Å². The van der Waals surface area contributed by atoms with Crippen molar-refractivity contribution in [3.63, 3.8) is 0 Å². The standard InChI is InChI=1S/C12H14BrNO5/c13-8-3-6-19-10(8)11(15)14-9(12(16)17)7-1-4-18-5-2-7/h3,6-7,9H,1-2,4-5H2,(H,14,15)(H,16,17). The number of aliphatic carboxylic acids is 1. The van der Waals surface area contributed by atoms with Crippen molar-refractivity contribution in [2.45, 2.75) is 18.9 Å². The molecule has 1 fully saturated rings. The molecule has 2 heterocycles. The minimum Gasteiger partial charge on any atom is -0.480 e. The van der Waals surface area contributed by atoms with Gasteiger partial charge in [-0.2, -0.15) is 0 Å². The zero-order valence-electron chi connectivity index (χ0n) is 10.1. The summed E-state index contributed by atoms with van der Waals surface area (Å²) in [5.74, 6) is -1.61. The van der Waals surface area contributed by atoms with Crippen LogP contribution in [0, 0.1) is 5.92 Å². The highest BCUT2D eigenvalue weighted by atomic mass is 79.9. The fourth-order valence-electron chi connectivity index (χ4n) is 2.09. The molecule has 1 unspecified atom stereocenters. The Hall–Kier alpha value is -1.34. The number of carboxylic acids is 1. The highest BCUT2D eigenvalue weighted by molar-refractivity contribution is 9.10. The van der Waals surface area contributed by atoms with E-state index in [1.54, 1.807) is 6.07 Å². The van der Waals surface area contributed by atoms with Crippen LogP contribution in [-0.2, 0) is 9.53 Å². The predicted molar refractivity (Wildman–Crippen MR) is 68.8 cm³/mol. The molecule has 0 bridgehead atoms. The zero-order valence-corrected chi connectivity index (χ0v) is 11.7. The van der Waals surface area contributed by atoms with E-state index in [0.717, 1.165) is 0 Å². The molecule has 1 atom stereocenters. The number of carboxylic acid groups (broad SMARTS) is 1. The summed E-state index contributed by atoms with van der Waals surface area (Å²) >= 11 is 3.17. The van der Waals surface area contributed by atoms with Crippen molar-refractivity contribution in [1.29, 1.82) is 0 Å². The van der Waals surface area contributed by atoms with Crippen molar-refractivity contribution in [3.05, 3.63) is 22.6 Å². The zero-order chi connectivity index (χ0) is 13.8. The van der Waals surface area contributed by atoms with E-state index in [9.17, 15) is 14.7 Å². The van der Waals surface area contributed by atoms with E-state index in [1.165, 1.54) is 6.26 Å². The lowest BCUT2D eigenvalue weighted by Gasteiger charge is -2.27. The Morgan fingerprint density at radius 3 is 2.63 bits per heavy atom. The largest absolute Gasteiger partial charge is 0.480 e. The van der Waals surface area contributed by atoms with Crippen molar-refractivity contribution >= 4 is 27.8 Å². The molecule has 0 aromatic carbocycles. The first-order valence-electron chi connectivity index (χ1n) is 5.94. The highest BCUT2D eigenvalue weighted by Crippen LogP contribution is 2.21. The van der Waals surface area contributed by atoms with E-state index in [1.807, 2.05) is 0 Å². The molecule has 0 radical (unpaired) electrons. The van der Waals surface area contributed by atoms with Crippen molar-refractivity contribution < 1.29 is 23.8 Å². The first kappa shape index (κ1) is 14.1. The molecule has 1 aromatic heterocycles. The minimum atomic E-state index is -1.04. The van der Waals surface area contributed by atoms with E-state index in [2.05, 4.69) is 21.2 Å². The normalized spacial score (nSPS) is 17.9. The molecule has 7 heteroatoms. The monoisotopic (exact) mass is 331 g/mol. The minimum absolute atomic E-state index is 0.0818. The smallest absolute Gasteiger partial charge is 0.326 e. The van der Waals surface area contributed by atoms with Crippen LogP contribution in [0.4, 0.5) is 0 Å². The van der Waals surface area contributed by atoms with Gasteiger partial charge in [0.2, 0.25) is 5.76 Å². The number of nitrogens with one attached hydrogen (secondary N) is 1. The van der Waals surface area contributed by atoms with Gasteiger partial charge in [0, 0.05) is 13.2 Å². The Morgan fingerprint density at radius 1 is 1.42 bits per heavy atom. The van der Waals surface area contributed by atoms with Gasteiger partial charge in [-0.3, -0.25) is 4.79 Å². The van der Waals surface area contributed by atoms with Crippen LogP contribution in [0.15, 0.2) is 21.2 Å². The van der Waals surface area contributed by atoms with Gasteiger partial charge in [0.1, 0.15) is 6.04 Å². The second-order valence-electron chi connectivity index (χ2n) is 4.34.